The number of ether oxygens (including phenoxy) is 1. The van der Waals surface area contributed by atoms with E-state index in [1.54, 1.807) is 24.3 Å². The van der Waals surface area contributed by atoms with Gasteiger partial charge in [-0.1, -0.05) is 12.1 Å². The normalized spacial score (nSPS) is 19.1. The molecule has 7 nitrogen and oxygen atoms in total. The standard InChI is InChI=1S/C24H31FN4O3/c1-2-26-23(29-12-10-28(11-13-29)22(30)21-7-4-14-32-21)27-18-24(8-15-31-16-9-24)19-5-3-6-20(25)17-19/h3-7,14,17H,2,8-13,15-16,18H2,1H3,(H,26,27). The first-order valence-electron chi connectivity index (χ1n) is 11.3. The molecule has 0 unspecified atom stereocenters. The van der Waals surface area contributed by atoms with E-state index in [0.29, 0.717) is 51.7 Å². The number of furan rings is 1. The maximum Gasteiger partial charge on any atom is 0.289 e. The summed E-state index contributed by atoms with van der Waals surface area (Å²) in [6, 6.07) is 10.3. The Morgan fingerprint density at radius 2 is 1.88 bits per heavy atom. The van der Waals surface area contributed by atoms with Gasteiger partial charge in [0, 0.05) is 51.4 Å². The summed E-state index contributed by atoms with van der Waals surface area (Å²) in [7, 11) is 0. The summed E-state index contributed by atoms with van der Waals surface area (Å²) in [5.41, 5.74) is 0.743. The van der Waals surface area contributed by atoms with Crippen LogP contribution in [0.25, 0.3) is 0 Å². The molecule has 4 rings (SSSR count). The zero-order valence-electron chi connectivity index (χ0n) is 18.6. The van der Waals surface area contributed by atoms with Crippen LogP contribution in [-0.2, 0) is 10.2 Å². The van der Waals surface area contributed by atoms with E-state index >= 15 is 0 Å². The van der Waals surface area contributed by atoms with Gasteiger partial charge in [0.05, 0.1) is 12.8 Å². The molecular weight excluding hydrogens is 411 g/mol. The van der Waals surface area contributed by atoms with Crippen LogP contribution in [0.15, 0.2) is 52.1 Å². The number of guanidine groups is 1. The summed E-state index contributed by atoms with van der Waals surface area (Å²) < 4.78 is 24.8. The van der Waals surface area contributed by atoms with Crippen molar-refractivity contribution in [2.24, 2.45) is 4.99 Å². The van der Waals surface area contributed by atoms with Crippen LogP contribution in [0, 0.1) is 5.82 Å². The van der Waals surface area contributed by atoms with Crippen LogP contribution in [-0.4, -0.2) is 74.1 Å². The van der Waals surface area contributed by atoms with E-state index in [-0.39, 0.29) is 17.1 Å². The Hall–Kier alpha value is -2.87. The van der Waals surface area contributed by atoms with Crippen molar-refractivity contribution < 1.29 is 18.3 Å². The minimum absolute atomic E-state index is 0.0798. The fourth-order valence-corrected chi connectivity index (χ4v) is 4.45. The number of nitrogens with zero attached hydrogens (tertiary/aromatic N) is 3. The zero-order chi connectivity index (χ0) is 22.4. The SMILES string of the molecule is CCNC(=NCC1(c2cccc(F)c2)CCOCC1)N1CCN(C(=O)c2ccco2)CC1. The summed E-state index contributed by atoms with van der Waals surface area (Å²) in [5, 5.41) is 3.39. The van der Waals surface area contributed by atoms with Crippen molar-refractivity contribution >= 4 is 11.9 Å². The van der Waals surface area contributed by atoms with Gasteiger partial charge in [0.25, 0.3) is 5.91 Å². The fourth-order valence-electron chi connectivity index (χ4n) is 4.45. The molecule has 1 aromatic carbocycles. The minimum Gasteiger partial charge on any atom is -0.459 e. The molecule has 172 valence electrons. The molecule has 3 heterocycles. The van der Waals surface area contributed by atoms with Crippen molar-refractivity contribution in [2.75, 3.05) is 52.5 Å². The van der Waals surface area contributed by atoms with E-state index in [2.05, 4.69) is 10.2 Å². The second-order valence-corrected chi connectivity index (χ2v) is 8.33. The van der Waals surface area contributed by atoms with Crippen molar-refractivity contribution in [3.8, 4) is 0 Å². The molecule has 2 aliphatic heterocycles. The molecule has 1 N–H and O–H groups in total. The highest BCUT2D eigenvalue weighted by Crippen LogP contribution is 2.35. The first-order chi connectivity index (χ1) is 15.6. The number of carbonyl (C=O) groups excluding carboxylic acids is 1. The summed E-state index contributed by atoms with van der Waals surface area (Å²) in [5.74, 6) is 0.904. The first kappa shape index (κ1) is 22.3. The number of benzene rings is 1. The lowest BCUT2D eigenvalue weighted by molar-refractivity contribution is 0.0528. The summed E-state index contributed by atoms with van der Waals surface area (Å²) >= 11 is 0. The second kappa shape index (κ2) is 10.2. The van der Waals surface area contributed by atoms with Crippen molar-refractivity contribution in [3.05, 3.63) is 59.8 Å². The number of aliphatic imine (C=N–C) groups is 1. The van der Waals surface area contributed by atoms with Gasteiger partial charge in [0.15, 0.2) is 11.7 Å². The number of piperazine rings is 1. The van der Waals surface area contributed by atoms with Crippen molar-refractivity contribution in [1.29, 1.82) is 0 Å². The van der Waals surface area contributed by atoms with Crippen molar-refractivity contribution in [1.82, 2.24) is 15.1 Å². The molecule has 1 aromatic heterocycles. The molecule has 0 atom stereocenters. The number of hydrogen-bond acceptors (Lipinski definition) is 4. The molecule has 0 radical (unpaired) electrons. The molecule has 2 aliphatic rings. The molecule has 0 spiro atoms. The number of rotatable bonds is 5. The maximum absolute atomic E-state index is 14.0. The van der Waals surface area contributed by atoms with Crippen LogP contribution in [0.5, 0.6) is 0 Å². The van der Waals surface area contributed by atoms with E-state index < -0.39 is 0 Å². The Morgan fingerprint density at radius 3 is 2.53 bits per heavy atom. The predicted molar refractivity (Wildman–Crippen MR) is 120 cm³/mol. The lowest BCUT2D eigenvalue weighted by atomic mass is 9.74. The topological polar surface area (TPSA) is 70.3 Å². The van der Waals surface area contributed by atoms with Crippen LogP contribution in [0.3, 0.4) is 0 Å². The van der Waals surface area contributed by atoms with Crippen LogP contribution < -0.4 is 5.32 Å². The van der Waals surface area contributed by atoms with Gasteiger partial charge in [0.2, 0.25) is 0 Å². The number of nitrogens with one attached hydrogen (secondary N) is 1. The van der Waals surface area contributed by atoms with E-state index in [1.165, 1.54) is 12.3 Å². The molecule has 8 heteroatoms. The maximum atomic E-state index is 14.0. The van der Waals surface area contributed by atoms with Crippen molar-refractivity contribution in [3.63, 3.8) is 0 Å². The number of halogens is 1. The highest BCUT2D eigenvalue weighted by Gasteiger charge is 2.35. The molecule has 2 aromatic rings. The molecule has 0 aliphatic carbocycles. The average Bonchev–Trinajstić information content (AvgIpc) is 3.37. The van der Waals surface area contributed by atoms with E-state index in [4.69, 9.17) is 14.1 Å². The quantitative estimate of drug-likeness (QED) is 0.570. The number of amides is 1. The lowest BCUT2D eigenvalue weighted by Gasteiger charge is -2.39. The van der Waals surface area contributed by atoms with Gasteiger partial charge in [0.1, 0.15) is 5.82 Å². The van der Waals surface area contributed by atoms with Gasteiger partial charge in [-0.15, -0.1) is 0 Å². The lowest BCUT2D eigenvalue weighted by Crippen LogP contribution is -2.54. The third-order valence-electron chi connectivity index (χ3n) is 6.35. The van der Waals surface area contributed by atoms with Crippen LogP contribution in [0.1, 0.15) is 35.9 Å². The van der Waals surface area contributed by atoms with Gasteiger partial charge >= 0.3 is 0 Å². The Balaban J connectivity index is 1.47. The predicted octanol–water partition coefficient (Wildman–Crippen LogP) is 2.89. The average molecular weight is 443 g/mol. The van der Waals surface area contributed by atoms with E-state index in [0.717, 1.165) is 30.9 Å². The highest BCUT2D eigenvalue weighted by molar-refractivity contribution is 5.91. The molecule has 1 amide bonds. The Labute approximate surface area is 188 Å². The zero-order valence-corrected chi connectivity index (χ0v) is 18.6. The highest BCUT2D eigenvalue weighted by atomic mass is 19.1. The molecule has 0 bridgehead atoms. The molecule has 0 saturated carbocycles. The summed E-state index contributed by atoms with van der Waals surface area (Å²) in [6.45, 7) is 7.24. The molecular formula is C24H31FN4O3. The second-order valence-electron chi connectivity index (χ2n) is 8.33. The van der Waals surface area contributed by atoms with E-state index in [1.807, 2.05) is 17.9 Å². The van der Waals surface area contributed by atoms with Crippen molar-refractivity contribution in [2.45, 2.75) is 25.2 Å². The third kappa shape index (κ3) is 4.96. The van der Waals surface area contributed by atoms with Crippen LogP contribution in [0.2, 0.25) is 0 Å². The third-order valence-corrected chi connectivity index (χ3v) is 6.35. The van der Waals surface area contributed by atoms with Gasteiger partial charge in [-0.2, -0.15) is 0 Å². The Bertz CT molecular complexity index is 917. The summed E-state index contributed by atoms with van der Waals surface area (Å²) in [6.07, 6.45) is 3.14. The monoisotopic (exact) mass is 442 g/mol. The first-order valence-corrected chi connectivity index (χ1v) is 11.3. The van der Waals surface area contributed by atoms with Gasteiger partial charge < -0.3 is 24.3 Å². The largest absolute Gasteiger partial charge is 0.459 e. The van der Waals surface area contributed by atoms with Crippen LogP contribution >= 0.6 is 0 Å². The summed E-state index contributed by atoms with van der Waals surface area (Å²) in [4.78, 5) is 21.5. The fraction of sp³-hybridized carbons (Fsp3) is 0.500. The van der Waals surface area contributed by atoms with Gasteiger partial charge in [-0.25, -0.2) is 4.39 Å². The Morgan fingerprint density at radius 1 is 1.12 bits per heavy atom. The molecule has 2 saturated heterocycles. The molecule has 2 fully saturated rings. The number of hydrogen-bond donors (Lipinski definition) is 1. The van der Waals surface area contributed by atoms with Crippen LogP contribution in [0.4, 0.5) is 4.39 Å². The number of carbonyl (C=O) groups is 1. The minimum atomic E-state index is -0.238. The smallest absolute Gasteiger partial charge is 0.289 e. The molecule has 32 heavy (non-hydrogen) atoms. The van der Waals surface area contributed by atoms with E-state index in [9.17, 15) is 9.18 Å². The van der Waals surface area contributed by atoms with Gasteiger partial charge in [-0.05, 0) is 49.6 Å². The van der Waals surface area contributed by atoms with Gasteiger partial charge in [-0.3, -0.25) is 9.79 Å². The Kier molecular flexibility index (Phi) is 7.09.